The summed E-state index contributed by atoms with van der Waals surface area (Å²) in [6.45, 7) is 5.41. The van der Waals surface area contributed by atoms with Gasteiger partial charge in [0.05, 0.1) is 23.2 Å². The third kappa shape index (κ3) is 7.30. The van der Waals surface area contributed by atoms with Crippen molar-refractivity contribution in [1.82, 2.24) is 5.32 Å². The summed E-state index contributed by atoms with van der Waals surface area (Å²) in [4.78, 5) is 24.9. The number of hydrogen-bond donors (Lipinski definition) is 2. The minimum Gasteiger partial charge on any atom is -0.347 e. The SMILES string of the molecule is CC(C)(C)NC(=O)c1ccccc1NC(=O)CCCN(c1ccc(F)c(F)c1)S(C)(=O)=O. The van der Waals surface area contributed by atoms with E-state index in [1.54, 1.807) is 24.3 Å². The number of sulfonamides is 1. The summed E-state index contributed by atoms with van der Waals surface area (Å²) >= 11 is 0. The number of amides is 2. The quantitative estimate of drug-likeness (QED) is 0.619. The predicted molar refractivity (Wildman–Crippen MR) is 120 cm³/mol. The number of rotatable bonds is 8. The number of nitrogens with zero attached hydrogens (tertiary/aromatic N) is 1. The van der Waals surface area contributed by atoms with Gasteiger partial charge < -0.3 is 10.6 Å². The van der Waals surface area contributed by atoms with E-state index < -0.39 is 33.1 Å². The van der Waals surface area contributed by atoms with Crippen LogP contribution < -0.4 is 14.9 Å². The Morgan fingerprint density at radius 1 is 1.03 bits per heavy atom. The standard InChI is InChI=1S/C22H27F2N3O4S/c1-22(2,3)26-21(29)16-8-5-6-9-19(16)25-20(28)10-7-13-27(32(4,30)31)15-11-12-17(23)18(24)14-15/h5-6,8-9,11-12,14H,7,10,13H2,1-4H3,(H,25,28)(H,26,29). The first-order valence-corrected chi connectivity index (χ1v) is 11.8. The van der Waals surface area contributed by atoms with E-state index in [-0.39, 0.29) is 31.0 Å². The minimum absolute atomic E-state index is 0.0315. The summed E-state index contributed by atoms with van der Waals surface area (Å²) in [5, 5.41) is 5.50. The van der Waals surface area contributed by atoms with Gasteiger partial charge in [0, 0.05) is 24.6 Å². The van der Waals surface area contributed by atoms with Crippen LogP contribution in [0.3, 0.4) is 0 Å². The zero-order valence-corrected chi connectivity index (χ0v) is 19.2. The van der Waals surface area contributed by atoms with Gasteiger partial charge in [-0.3, -0.25) is 13.9 Å². The van der Waals surface area contributed by atoms with Crippen molar-refractivity contribution in [3.63, 3.8) is 0 Å². The molecule has 0 spiro atoms. The summed E-state index contributed by atoms with van der Waals surface area (Å²) in [5.74, 6) is -3.01. The molecule has 0 saturated heterocycles. The van der Waals surface area contributed by atoms with Crippen LogP contribution in [0.5, 0.6) is 0 Å². The number of carbonyl (C=O) groups excluding carboxylic acids is 2. The maximum atomic E-state index is 13.5. The van der Waals surface area contributed by atoms with Crippen molar-refractivity contribution < 1.29 is 26.8 Å². The normalized spacial score (nSPS) is 11.7. The lowest BCUT2D eigenvalue weighted by atomic mass is 10.1. The smallest absolute Gasteiger partial charge is 0.253 e. The van der Waals surface area contributed by atoms with E-state index in [1.165, 1.54) is 0 Å². The maximum Gasteiger partial charge on any atom is 0.253 e. The molecule has 0 unspecified atom stereocenters. The average molecular weight is 468 g/mol. The van der Waals surface area contributed by atoms with Crippen LogP contribution in [-0.2, 0) is 14.8 Å². The molecule has 10 heteroatoms. The Morgan fingerprint density at radius 2 is 1.69 bits per heavy atom. The number of halogens is 2. The van der Waals surface area contributed by atoms with Gasteiger partial charge in [-0.1, -0.05) is 12.1 Å². The van der Waals surface area contributed by atoms with Gasteiger partial charge in [0.1, 0.15) is 0 Å². The molecule has 0 atom stereocenters. The summed E-state index contributed by atoms with van der Waals surface area (Å²) in [6.07, 6.45) is 1.01. The third-order valence-electron chi connectivity index (χ3n) is 4.29. The lowest BCUT2D eigenvalue weighted by Crippen LogP contribution is -2.40. The third-order valence-corrected chi connectivity index (χ3v) is 5.48. The Balaban J connectivity index is 2.05. The monoisotopic (exact) mass is 467 g/mol. The molecule has 0 aliphatic heterocycles. The van der Waals surface area contributed by atoms with Gasteiger partial charge >= 0.3 is 0 Å². The summed E-state index contributed by atoms with van der Waals surface area (Å²) in [5.41, 5.74) is 0.148. The molecule has 2 amide bonds. The molecule has 0 aliphatic rings. The first-order chi connectivity index (χ1) is 14.8. The first-order valence-electron chi connectivity index (χ1n) is 9.92. The zero-order chi connectivity index (χ0) is 24.1. The maximum absolute atomic E-state index is 13.5. The van der Waals surface area contributed by atoms with Gasteiger partial charge in [0.15, 0.2) is 11.6 Å². The first kappa shape index (κ1) is 25.3. The molecule has 32 heavy (non-hydrogen) atoms. The molecule has 2 rings (SSSR count). The Hall–Kier alpha value is -3.01. The molecule has 2 N–H and O–H groups in total. The molecule has 2 aromatic carbocycles. The molecule has 0 aliphatic carbocycles. The second-order valence-corrected chi connectivity index (χ2v) is 10.2. The number of hydrogen-bond acceptors (Lipinski definition) is 4. The highest BCUT2D eigenvalue weighted by Gasteiger charge is 2.21. The van der Waals surface area contributed by atoms with Crippen LogP contribution in [0.1, 0.15) is 44.0 Å². The fourth-order valence-corrected chi connectivity index (χ4v) is 3.88. The van der Waals surface area contributed by atoms with E-state index >= 15 is 0 Å². The molecule has 0 saturated carbocycles. The lowest BCUT2D eigenvalue weighted by molar-refractivity contribution is -0.116. The highest BCUT2D eigenvalue weighted by atomic mass is 32.2. The Kier molecular flexibility index (Phi) is 7.95. The summed E-state index contributed by atoms with van der Waals surface area (Å²) in [7, 11) is -3.78. The minimum atomic E-state index is -3.78. The molecule has 174 valence electrons. The van der Waals surface area contributed by atoms with Gasteiger partial charge in [0.2, 0.25) is 15.9 Å². The largest absolute Gasteiger partial charge is 0.347 e. The number of anilines is 2. The van der Waals surface area contributed by atoms with E-state index in [4.69, 9.17) is 0 Å². The van der Waals surface area contributed by atoms with E-state index in [0.29, 0.717) is 11.3 Å². The molecular formula is C22H27F2N3O4S. The number of benzene rings is 2. The molecule has 0 bridgehead atoms. The van der Waals surface area contributed by atoms with Crippen LogP contribution >= 0.6 is 0 Å². The van der Waals surface area contributed by atoms with Crippen LogP contribution in [0.4, 0.5) is 20.2 Å². The van der Waals surface area contributed by atoms with Gasteiger partial charge in [0.25, 0.3) is 5.91 Å². The Bertz CT molecular complexity index is 1100. The number of para-hydroxylation sites is 1. The van der Waals surface area contributed by atoms with Crippen LogP contribution in [-0.4, -0.2) is 38.6 Å². The van der Waals surface area contributed by atoms with Crippen molar-refractivity contribution in [3.05, 3.63) is 59.7 Å². The number of nitrogens with one attached hydrogen (secondary N) is 2. The van der Waals surface area contributed by atoms with Crippen molar-refractivity contribution in [2.75, 3.05) is 22.4 Å². The fraction of sp³-hybridized carbons (Fsp3) is 0.364. The number of carbonyl (C=O) groups is 2. The summed E-state index contributed by atoms with van der Waals surface area (Å²) < 4.78 is 51.8. The van der Waals surface area contributed by atoms with Crippen LogP contribution in [0.2, 0.25) is 0 Å². The van der Waals surface area contributed by atoms with Crippen molar-refractivity contribution >= 4 is 33.2 Å². The molecular weight excluding hydrogens is 440 g/mol. The van der Waals surface area contributed by atoms with E-state index in [2.05, 4.69) is 10.6 Å². The Labute approximate surface area is 186 Å². The second-order valence-electron chi connectivity index (χ2n) is 8.33. The van der Waals surface area contributed by atoms with Crippen LogP contribution in [0.15, 0.2) is 42.5 Å². The highest BCUT2D eigenvalue weighted by Crippen LogP contribution is 2.22. The van der Waals surface area contributed by atoms with Crippen molar-refractivity contribution in [1.29, 1.82) is 0 Å². The molecule has 0 radical (unpaired) electrons. The van der Waals surface area contributed by atoms with Gasteiger partial charge in [-0.15, -0.1) is 0 Å². The summed E-state index contributed by atoms with van der Waals surface area (Å²) in [6, 6.07) is 9.33. The van der Waals surface area contributed by atoms with Crippen molar-refractivity contribution in [2.24, 2.45) is 0 Å². The van der Waals surface area contributed by atoms with Gasteiger partial charge in [-0.05, 0) is 51.5 Å². The van der Waals surface area contributed by atoms with Gasteiger partial charge in [-0.2, -0.15) is 0 Å². The molecule has 2 aromatic rings. The fourth-order valence-electron chi connectivity index (χ4n) is 2.92. The molecule has 0 heterocycles. The topological polar surface area (TPSA) is 95.6 Å². The average Bonchev–Trinajstić information content (AvgIpc) is 2.65. The van der Waals surface area contributed by atoms with Crippen molar-refractivity contribution in [2.45, 2.75) is 39.2 Å². The lowest BCUT2D eigenvalue weighted by Gasteiger charge is -2.23. The second kappa shape index (κ2) is 10.1. The zero-order valence-electron chi connectivity index (χ0n) is 18.4. The van der Waals surface area contributed by atoms with E-state index in [1.807, 2.05) is 20.8 Å². The van der Waals surface area contributed by atoms with Crippen LogP contribution in [0, 0.1) is 11.6 Å². The molecule has 0 fully saturated rings. The van der Waals surface area contributed by atoms with Crippen molar-refractivity contribution in [3.8, 4) is 0 Å². The van der Waals surface area contributed by atoms with E-state index in [0.717, 1.165) is 28.8 Å². The van der Waals surface area contributed by atoms with Gasteiger partial charge in [-0.25, -0.2) is 17.2 Å². The van der Waals surface area contributed by atoms with Crippen LogP contribution in [0.25, 0.3) is 0 Å². The molecule has 0 aromatic heterocycles. The molecule has 7 nitrogen and oxygen atoms in total. The Morgan fingerprint density at radius 3 is 2.28 bits per heavy atom. The predicted octanol–water partition coefficient (Wildman–Crippen LogP) is 3.68. The van der Waals surface area contributed by atoms with E-state index in [9.17, 15) is 26.8 Å². The highest BCUT2D eigenvalue weighted by molar-refractivity contribution is 7.92.